The van der Waals surface area contributed by atoms with Crippen LogP contribution in [0.15, 0.2) is 24.3 Å². The van der Waals surface area contributed by atoms with Gasteiger partial charge in [0.25, 0.3) is 5.78 Å². The summed E-state index contributed by atoms with van der Waals surface area (Å²) in [5.74, 6) is -3.24. The number of nitrogens with one attached hydrogen (secondary N) is 1. The van der Waals surface area contributed by atoms with Crippen LogP contribution in [-0.4, -0.2) is 52.5 Å². The first-order valence-corrected chi connectivity index (χ1v) is 8.34. The molecule has 1 aromatic rings. The highest BCUT2D eigenvalue weighted by atomic mass is 16.5. The molecule has 0 aliphatic carbocycles. The molecule has 0 saturated carbocycles. The summed E-state index contributed by atoms with van der Waals surface area (Å²) in [5, 5.41) is 12.2. The highest BCUT2D eigenvalue weighted by molar-refractivity contribution is 6.62. The molecular formula is C18H21N3O6. The fraction of sp³-hybridized carbons (Fsp3) is 0.444. The predicted molar refractivity (Wildman–Crippen MR) is 92.7 cm³/mol. The summed E-state index contributed by atoms with van der Waals surface area (Å²) in [5.41, 5.74) is 8.99. The zero-order chi connectivity index (χ0) is 20.1. The number of aliphatic hydroxyl groups is 1. The summed E-state index contributed by atoms with van der Waals surface area (Å²) in [6.45, 7) is 2.79. The van der Waals surface area contributed by atoms with Crippen molar-refractivity contribution in [2.24, 2.45) is 11.8 Å². The molecule has 1 aliphatic rings. The smallest absolute Gasteiger partial charge is 0.441 e. The Kier molecular flexibility index (Phi) is 6.44. The highest BCUT2D eigenvalue weighted by Gasteiger charge is 2.50. The van der Waals surface area contributed by atoms with E-state index in [-0.39, 0.29) is 12.5 Å². The summed E-state index contributed by atoms with van der Waals surface area (Å²) in [7, 11) is 1.53. The monoisotopic (exact) mass is 375 g/mol. The van der Waals surface area contributed by atoms with Gasteiger partial charge in [-0.25, -0.2) is 4.79 Å². The summed E-state index contributed by atoms with van der Waals surface area (Å²) in [6.07, 6.45) is -0.949. The Morgan fingerprint density at radius 3 is 2.41 bits per heavy atom. The molecule has 9 heteroatoms. The van der Waals surface area contributed by atoms with Gasteiger partial charge in [0.05, 0.1) is 25.2 Å². The maximum Gasteiger partial charge on any atom is 0.441 e. The van der Waals surface area contributed by atoms with Gasteiger partial charge in [0.1, 0.15) is 12.4 Å². The van der Waals surface area contributed by atoms with Crippen molar-refractivity contribution < 1.29 is 33.8 Å². The second-order valence-electron chi connectivity index (χ2n) is 6.33. The predicted octanol–water partition coefficient (Wildman–Crippen LogP) is 0.110. The number of β-lactam (4-membered cyclic amide) rings is 1. The third-order valence-electron chi connectivity index (χ3n) is 4.53. The Morgan fingerprint density at radius 1 is 1.30 bits per heavy atom. The first-order valence-electron chi connectivity index (χ1n) is 8.34. The average Bonchev–Trinajstić information content (AvgIpc) is 2.64. The van der Waals surface area contributed by atoms with E-state index < -0.39 is 41.4 Å². The van der Waals surface area contributed by atoms with Crippen molar-refractivity contribution in [3.05, 3.63) is 35.4 Å². The molecule has 4 atom stereocenters. The summed E-state index contributed by atoms with van der Waals surface area (Å²) in [4.78, 5) is 38.9. The van der Waals surface area contributed by atoms with E-state index in [4.69, 9.17) is 15.0 Å². The van der Waals surface area contributed by atoms with Crippen LogP contribution in [0, 0.1) is 11.8 Å². The Balaban J connectivity index is 2.00. The lowest BCUT2D eigenvalue weighted by Crippen LogP contribution is -2.66. The largest absolute Gasteiger partial charge is 0.497 e. The van der Waals surface area contributed by atoms with E-state index in [2.05, 4.69) is 10.1 Å². The Morgan fingerprint density at radius 2 is 1.93 bits per heavy atom. The highest BCUT2D eigenvalue weighted by Crippen LogP contribution is 2.26. The second kappa shape index (κ2) is 8.57. The lowest BCUT2D eigenvalue weighted by Gasteiger charge is -2.40. The minimum atomic E-state index is -1.08. The molecule has 0 bridgehead atoms. The third-order valence-corrected chi connectivity index (χ3v) is 4.53. The number of rotatable bonds is 8. The molecule has 1 saturated heterocycles. The normalized spacial score (nSPS) is 20.4. The Bertz CT molecular complexity index is 783. The van der Waals surface area contributed by atoms with Crippen LogP contribution in [0.5, 0.6) is 5.75 Å². The lowest BCUT2D eigenvalue weighted by atomic mass is 9.76. The Hall–Kier alpha value is -3.03. The summed E-state index contributed by atoms with van der Waals surface area (Å²) in [6, 6.07) is 6.09. The van der Waals surface area contributed by atoms with E-state index in [9.17, 15) is 19.5 Å². The van der Waals surface area contributed by atoms with Crippen molar-refractivity contribution in [3.8, 4) is 5.75 Å². The van der Waals surface area contributed by atoms with E-state index in [0.29, 0.717) is 11.3 Å². The molecule has 2 rings (SSSR count). The summed E-state index contributed by atoms with van der Waals surface area (Å²) < 4.78 is 10.1. The molecule has 0 spiro atoms. The maximum atomic E-state index is 12.5. The van der Waals surface area contributed by atoms with Gasteiger partial charge < -0.3 is 25.4 Å². The standard InChI is InChI=1S/C18H21N3O6/c1-9(14-13(10(2)22)17(24)20-14)16(23)15(21-19)18(25)27-8-11-4-6-12(26-3)7-5-11/h4-7,9-10,13-14,22H,8H2,1-3H3,(H,20,24)/t9?,10?,13-,14?/m1/s1. The second-order valence-corrected chi connectivity index (χ2v) is 6.33. The fourth-order valence-corrected chi connectivity index (χ4v) is 2.88. The van der Waals surface area contributed by atoms with E-state index in [1.54, 1.807) is 24.3 Å². The fourth-order valence-electron chi connectivity index (χ4n) is 2.88. The van der Waals surface area contributed by atoms with Gasteiger partial charge in [0.15, 0.2) is 0 Å². The van der Waals surface area contributed by atoms with Crippen LogP contribution < -0.4 is 10.1 Å². The first-order chi connectivity index (χ1) is 12.8. The topological polar surface area (TPSA) is 138 Å². The van der Waals surface area contributed by atoms with Gasteiger partial charge in [-0.3, -0.25) is 9.59 Å². The van der Waals surface area contributed by atoms with E-state index >= 15 is 0 Å². The van der Waals surface area contributed by atoms with Crippen LogP contribution in [0.25, 0.3) is 5.53 Å². The van der Waals surface area contributed by atoms with Crippen LogP contribution in [0.4, 0.5) is 0 Å². The molecule has 1 amide bonds. The minimum Gasteiger partial charge on any atom is -0.497 e. The molecular weight excluding hydrogens is 354 g/mol. The SMILES string of the molecule is COc1ccc(COC(=O)C(=[N+]=[N-])C(=O)C(C)C2NC(=O)[C@@H]2C(C)O)cc1. The number of benzene rings is 1. The van der Waals surface area contributed by atoms with E-state index in [1.807, 2.05) is 0 Å². The number of ether oxygens (including phenoxy) is 2. The molecule has 9 nitrogen and oxygen atoms in total. The average molecular weight is 375 g/mol. The number of carbonyl (C=O) groups is 3. The molecule has 1 fully saturated rings. The van der Waals surface area contributed by atoms with Crippen molar-refractivity contribution in [2.45, 2.75) is 32.6 Å². The van der Waals surface area contributed by atoms with Gasteiger partial charge in [0, 0.05) is 5.92 Å². The number of ketones is 1. The number of hydrogen-bond donors (Lipinski definition) is 2. The number of carbonyl (C=O) groups excluding carboxylic acids is 3. The zero-order valence-corrected chi connectivity index (χ0v) is 15.2. The summed E-state index contributed by atoms with van der Waals surface area (Å²) >= 11 is 0. The Labute approximate surface area is 155 Å². The number of nitrogens with zero attached hydrogens (tertiary/aromatic N) is 2. The van der Waals surface area contributed by atoms with Gasteiger partial charge in [-0.15, -0.1) is 0 Å². The quantitative estimate of drug-likeness (QED) is 0.165. The first kappa shape index (κ1) is 20.3. The number of esters is 1. The van der Waals surface area contributed by atoms with Gasteiger partial charge in [-0.1, -0.05) is 19.1 Å². The van der Waals surface area contributed by atoms with Crippen LogP contribution in [0.3, 0.4) is 0 Å². The van der Waals surface area contributed by atoms with Crippen LogP contribution in [-0.2, 0) is 25.7 Å². The molecule has 1 aromatic carbocycles. The van der Waals surface area contributed by atoms with Gasteiger partial charge >= 0.3 is 11.7 Å². The van der Waals surface area contributed by atoms with Crippen molar-refractivity contribution in [2.75, 3.05) is 7.11 Å². The zero-order valence-electron chi connectivity index (χ0n) is 15.2. The molecule has 0 aromatic heterocycles. The molecule has 0 radical (unpaired) electrons. The molecule has 144 valence electrons. The molecule has 1 heterocycles. The van der Waals surface area contributed by atoms with E-state index in [1.165, 1.54) is 21.0 Å². The van der Waals surface area contributed by atoms with Gasteiger partial charge in [0.2, 0.25) is 5.91 Å². The third kappa shape index (κ3) is 4.39. The van der Waals surface area contributed by atoms with Gasteiger partial charge in [-0.2, -0.15) is 4.79 Å². The number of Topliss-reactive ketones (excluding diaryl/α,β-unsaturated/α-hetero) is 1. The number of aliphatic hydroxyl groups excluding tert-OH is 1. The van der Waals surface area contributed by atoms with Crippen LogP contribution >= 0.6 is 0 Å². The number of methoxy groups -OCH3 is 1. The minimum absolute atomic E-state index is 0.125. The molecule has 27 heavy (non-hydrogen) atoms. The van der Waals surface area contributed by atoms with Crippen molar-refractivity contribution in [1.29, 1.82) is 0 Å². The molecule has 1 aliphatic heterocycles. The van der Waals surface area contributed by atoms with Crippen molar-refractivity contribution in [1.82, 2.24) is 5.32 Å². The van der Waals surface area contributed by atoms with Crippen LogP contribution in [0.2, 0.25) is 0 Å². The van der Waals surface area contributed by atoms with Crippen LogP contribution in [0.1, 0.15) is 19.4 Å². The van der Waals surface area contributed by atoms with Crippen molar-refractivity contribution >= 4 is 23.4 Å². The van der Waals surface area contributed by atoms with Gasteiger partial charge in [-0.05, 0) is 24.6 Å². The lowest BCUT2D eigenvalue weighted by molar-refractivity contribution is -0.146. The number of hydrogen-bond acceptors (Lipinski definition) is 6. The molecule has 3 unspecified atom stereocenters. The molecule has 2 N–H and O–H groups in total. The van der Waals surface area contributed by atoms with Crippen molar-refractivity contribution in [3.63, 3.8) is 0 Å². The maximum absolute atomic E-state index is 12.5. The number of amides is 1. The van der Waals surface area contributed by atoms with E-state index in [0.717, 1.165) is 0 Å².